The third-order valence-electron chi connectivity index (χ3n) is 2.77. The zero-order valence-corrected chi connectivity index (χ0v) is 10.2. The highest BCUT2D eigenvalue weighted by atomic mass is 16.5. The summed E-state index contributed by atoms with van der Waals surface area (Å²) in [6.45, 7) is 3.45. The van der Waals surface area contributed by atoms with Crippen LogP contribution in [-0.4, -0.2) is 37.5 Å². The number of rotatable bonds is 5. The van der Waals surface area contributed by atoms with Gasteiger partial charge in [0.25, 0.3) is 0 Å². The molecule has 0 aliphatic carbocycles. The van der Waals surface area contributed by atoms with Crippen LogP contribution in [0.25, 0.3) is 0 Å². The smallest absolute Gasteiger partial charge is 0.325 e. The predicted molar refractivity (Wildman–Crippen MR) is 58.3 cm³/mol. The number of carbonyl (C=O) groups is 2. The molecule has 0 unspecified atom stereocenters. The molecule has 0 aliphatic rings. The van der Waals surface area contributed by atoms with Crippen molar-refractivity contribution in [1.29, 1.82) is 5.26 Å². The van der Waals surface area contributed by atoms with Crippen molar-refractivity contribution in [3.8, 4) is 6.07 Å². The third kappa shape index (κ3) is 2.96. The summed E-state index contributed by atoms with van der Waals surface area (Å²) in [5.41, 5.74) is -1.03. The molecule has 0 fully saturated rings. The Morgan fingerprint density at radius 3 is 2.19 bits per heavy atom. The largest absolute Gasteiger partial charge is 0.468 e. The van der Waals surface area contributed by atoms with Crippen LogP contribution in [0.3, 0.4) is 0 Å². The van der Waals surface area contributed by atoms with Crippen LogP contribution in [0.2, 0.25) is 0 Å². The Hall–Kier alpha value is -1.57. The van der Waals surface area contributed by atoms with Gasteiger partial charge in [-0.05, 0) is 12.8 Å². The van der Waals surface area contributed by atoms with E-state index in [1.807, 2.05) is 6.07 Å². The molecule has 0 radical (unpaired) electrons. The van der Waals surface area contributed by atoms with E-state index in [4.69, 9.17) is 5.26 Å². The summed E-state index contributed by atoms with van der Waals surface area (Å²) in [6, 6.07) is 2.04. The van der Waals surface area contributed by atoms with Gasteiger partial charge in [-0.1, -0.05) is 13.8 Å². The quantitative estimate of drug-likeness (QED) is 0.654. The number of ether oxygens (including phenoxy) is 1. The molecule has 0 atom stereocenters. The summed E-state index contributed by atoms with van der Waals surface area (Å²) < 4.78 is 4.47. The Morgan fingerprint density at radius 1 is 1.38 bits per heavy atom. The summed E-state index contributed by atoms with van der Waals surface area (Å²) in [5, 5.41) is 9.07. The topological polar surface area (TPSA) is 70.4 Å². The van der Waals surface area contributed by atoms with E-state index in [0.717, 1.165) is 0 Å². The zero-order valence-electron chi connectivity index (χ0n) is 10.2. The third-order valence-corrected chi connectivity index (χ3v) is 2.77. The van der Waals surface area contributed by atoms with E-state index in [1.165, 1.54) is 19.1 Å². The van der Waals surface area contributed by atoms with Gasteiger partial charge in [-0.2, -0.15) is 5.26 Å². The summed E-state index contributed by atoms with van der Waals surface area (Å²) >= 11 is 0. The lowest BCUT2D eigenvalue weighted by Gasteiger charge is -2.27. The highest BCUT2D eigenvalue weighted by Crippen LogP contribution is 2.27. The van der Waals surface area contributed by atoms with Crippen molar-refractivity contribution in [2.24, 2.45) is 5.41 Å². The number of hydrogen-bond acceptors (Lipinski definition) is 4. The molecular weight excluding hydrogens is 208 g/mol. The normalized spacial score (nSPS) is 10.4. The van der Waals surface area contributed by atoms with E-state index in [1.54, 1.807) is 13.8 Å². The molecule has 0 aromatic heterocycles. The number of amides is 1. The lowest BCUT2D eigenvalue weighted by molar-refractivity contribution is -0.149. The monoisotopic (exact) mass is 226 g/mol. The first kappa shape index (κ1) is 14.4. The maximum absolute atomic E-state index is 12.0. The van der Waals surface area contributed by atoms with Crippen molar-refractivity contribution in [1.82, 2.24) is 4.90 Å². The maximum Gasteiger partial charge on any atom is 0.325 e. The average molecular weight is 226 g/mol. The van der Waals surface area contributed by atoms with E-state index in [0.29, 0.717) is 12.8 Å². The van der Waals surface area contributed by atoms with E-state index in [-0.39, 0.29) is 12.5 Å². The average Bonchev–Trinajstić information content (AvgIpc) is 2.31. The molecule has 0 heterocycles. The summed E-state index contributed by atoms with van der Waals surface area (Å²) in [4.78, 5) is 24.3. The van der Waals surface area contributed by atoms with Crippen molar-refractivity contribution in [2.75, 3.05) is 20.7 Å². The second-order valence-electron chi connectivity index (χ2n) is 3.64. The van der Waals surface area contributed by atoms with Gasteiger partial charge in [0.05, 0.1) is 13.2 Å². The highest BCUT2D eigenvalue weighted by Gasteiger charge is 2.37. The minimum absolute atomic E-state index is 0.126. The van der Waals surface area contributed by atoms with Crippen molar-refractivity contribution in [3.63, 3.8) is 0 Å². The Bertz CT molecular complexity index is 303. The van der Waals surface area contributed by atoms with Gasteiger partial charge in [0.15, 0.2) is 0 Å². The Labute approximate surface area is 96.0 Å². The maximum atomic E-state index is 12.0. The Kier molecular flexibility index (Phi) is 5.51. The number of methoxy groups -OCH3 is 1. The fraction of sp³-hybridized carbons (Fsp3) is 0.727. The minimum Gasteiger partial charge on any atom is -0.468 e. The molecule has 90 valence electrons. The van der Waals surface area contributed by atoms with Crippen LogP contribution < -0.4 is 0 Å². The van der Waals surface area contributed by atoms with Crippen LogP contribution in [-0.2, 0) is 14.3 Å². The van der Waals surface area contributed by atoms with Crippen molar-refractivity contribution >= 4 is 11.9 Å². The van der Waals surface area contributed by atoms with Crippen LogP contribution in [0.15, 0.2) is 0 Å². The zero-order chi connectivity index (χ0) is 12.8. The molecule has 5 nitrogen and oxygen atoms in total. The molecule has 0 spiro atoms. The molecule has 0 saturated carbocycles. The number of nitrogens with zero attached hydrogens (tertiary/aromatic N) is 2. The lowest BCUT2D eigenvalue weighted by atomic mass is 9.82. The van der Waals surface area contributed by atoms with E-state index >= 15 is 0 Å². The molecular formula is C11H18N2O3. The summed E-state index contributed by atoms with van der Waals surface area (Å²) in [7, 11) is 2.76. The van der Waals surface area contributed by atoms with Gasteiger partial charge in [0.1, 0.15) is 12.0 Å². The van der Waals surface area contributed by atoms with Crippen LogP contribution in [0.4, 0.5) is 0 Å². The molecule has 16 heavy (non-hydrogen) atoms. The van der Waals surface area contributed by atoms with Gasteiger partial charge in [-0.15, -0.1) is 0 Å². The molecule has 0 bridgehead atoms. The van der Waals surface area contributed by atoms with Crippen LogP contribution >= 0.6 is 0 Å². The van der Waals surface area contributed by atoms with Crippen molar-refractivity contribution < 1.29 is 14.3 Å². The van der Waals surface area contributed by atoms with Gasteiger partial charge in [-0.25, -0.2) is 0 Å². The number of esters is 1. The minimum atomic E-state index is -1.03. The first-order chi connectivity index (χ1) is 7.47. The number of hydrogen-bond donors (Lipinski definition) is 0. The molecule has 0 aromatic carbocycles. The molecule has 0 saturated heterocycles. The van der Waals surface area contributed by atoms with Crippen LogP contribution in [0, 0.1) is 16.7 Å². The molecule has 0 rings (SSSR count). The van der Waals surface area contributed by atoms with Crippen molar-refractivity contribution in [2.45, 2.75) is 26.7 Å². The second kappa shape index (κ2) is 6.11. The Morgan fingerprint density at radius 2 is 1.88 bits per heavy atom. The molecule has 0 aromatic rings. The van der Waals surface area contributed by atoms with Crippen molar-refractivity contribution in [3.05, 3.63) is 0 Å². The van der Waals surface area contributed by atoms with Gasteiger partial charge < -0.3 is 9.64 Å². The molecule has 0 N–H and O–H groups in total. The van der Waals surface area contributed by atoms with E-state index in [2.05, 4.69) is 4.74 Å². The fourth-order valence-corrected chi connectivity index (χ4v) is 1.45. The fourth-order valence-electron chi connectivity index (χ4n) is 1.45. The number of nitriles is 1. The van der Waals surface area contributed by atoms with Gasteiger partial charge in [0, 0.05) is 7.05 Å². The van der Waals surface area contributed by atoms with Gasteiger partial charge >= 0.3 is 5.97 Å². The number of likely N-dealkylation sites (N-methyl/N-ethyl adjacent to an activating group) is 1. The number of carbonyl (C=O) groups excluding carboxylic acids is 2. The molecule has 5 heteroatoms. The van der Waals surface area contributed by atoms with Crippen LogP contribution in [0.5, 0.6) is 0 Å². The van der Waals surface area contributed by atoms with E-state index in [9.17, 15) is 9.59 Å². The SMILES string of the molecule is CCC(C#N)(CC)C(=O)N(C)CC(=O)OC. The van der Waals surface area contributed by atoms with E-state index < -0.39 is 11.4 Å². The summed E-state index contributed by atoms with van der Waals surface area (Å²) in [6.07, 6.45) is 0.870. The second-order valence-corrected chi connectivity index (χ2v) is 3.64. The highest BCUT2D eigenvalue weighted by molar-refractivity contribution is 5.88. The first-order valence-corrected chi connectivity index (χ1v) is 5.21. The van der Waals surface area contributed by atoms with Gasteiger partial charge in [-0.3, -0.25) is 9.59 Å². The summed E-state index contributed by atoms with van der Waals surface area (Å²) in [5.74, 6) is -0.819. The first-order valence-electron chi connectivity index (χ1n) is 5.21. The Balaban J connectivity index is 4.77. The van der Waals surface area contributed by atoms with Crippen LogP contribution in [0.1, 0.15) is 26.7 Å². The molecule has 1 amide bonds. The predicted octanol–water partition coefficient (Wildman–Crippen LogP) is 0.948. The standard InChI is InChI=1S/C11H18N2O3/c1-5-11(6-2,8-12)10(15)13(3)7-9(14)16-4/h5-7H2,1-4H3. The lowest BCUT2D eigenvalue weighted by Crippen LogP contribution is -2.43. The molecule has 0 aliphatic heterocycles. The van der Waals surface area contributed by atoms with Gasteiger partial charge in [0.2, 0.25) is 5.91 Å².